The van der Waals surface area contributed by atoms with Crippen LogP contribution in [-0.2, 0) is 14.3 Å². The van der Waals surface area contributed by atoms with Gasteiger partial charge in [-0.1, -0.05) is 31.4 Å². The summed E-state index contributed by atoms with van der Waals surface area (Å²) in [6, 6.07) is 9.08. The molecule has 1 aromatic carbocycles. The van der Waals surface area contributed by atoms with Crippen LogP contribution in [-0.4, -0.2) is 43.7 Å². The van der Waals surface area contributed by atoms with Gasteiger partial charge in [0.2, 0.25) is 0 Å². The fraction of sp³-hybridized carbons (Fsp3) is 0.522. The van der Waals surface area contributed by atoms with Crippen molar-refractivity contribution in [3.8, 4) is 11.8 Å². The second-order valence-electron chi connectivity index (χ2n) is 7.78. The molecule has 160 valence electrons. The van der Waals surface area contributed by atoms with Gasteiger partial charge in [0.15, 0.2) is 6.61 Å². The summed E-state index contributed by atoms with van der Waals surface area (Å²) in [5, 5.41) is 15.1. The van der Waals surface area contributed by atoms with Gasteiger partial charge in [0.05, 0.1) is 6.10 Å². The average molecular weight is 412 g/mol. The van der Waals surface area contributed by atoms with Gasteiger partial charge in [-0.15, -0.1) is 0 Å². The molecule has 7 heteroatoms. The highest BCUT2D eigenvalue weighted by Crippen LogP contribution is 2.19. The van der Waals surface area contributed by atoms with Crippen molar-refractivity contribution >= 4 is 17.9 Å². The predicted molar refractivity (Wildman–Crippen MR) is 113 cm³/mol. The third kappa shape index (κ3) is 6.89. The Labute approximate surface area is 177 Å². The lowest BCUT2D eigenvalue weighted by molar-refractivity contribution is -0.123. The van der Waals surface area contributed by atoms with E-state index in [2.05, 4.69) is 10.6 Å². The number of ether oxygens (including phenoxy) is 2. The zero-order chi connectivity index (χ0) is 21.2. The number of hydrogen-bond acceptors (Lipinski definition) is 5. The SMILES string of the molecule is N#C/C(=C\c1ccc(OCC(=O)NC[C@H]2CCCO2)cc1)C(=O)NC1CCCCC1. The molecule has 1 aliphatic heterocycles. The van der Waals surface area contributed by atoms with E-state index in [-0.39, 0.29) is 36.1 Å². The molecule has 0 unspecified atom stereocenters. The lowest BCUT2D eigenvalue weighted by Crippen LogP contribution is -2.36. The molecule has 3 rings (SSSR count). The molecule has 0 radical (unpaired) electrons. The van der Waals surface area contributed by atoms with Gasteiger partial charge in [-0.25, -0.2) is 0 Å². The first-order valence-corrected chi connectivity index (χ1v) is 10.7. The lowest BCUT2D eigenvalue weighted by Gasteiger charge is -2.22. The Morgan fingerprint density at radius 1 is 1.13 bits per heavy atom. The van der Waals surface area contributed by atoms with Crippen LogP contribution in [0.3, 0.4) is 0 Å². The molecule has 2 aliphatic rings. The zero-order valence-corrected chi connectivity index (χ0v) is 17.2. The van der Waals surface area contributed by atoms with Crippen molar-refractivity contribution in [1.82, 2.24) is 10.6 Å². The molecule has 0 spiro atoms. The van der Waals surface area contributed by atoms with Crippen molar-refractivity contribution in [3.63, 3.8) is 0 Å². The van der Waals surface area contributed by atoms with Gasteiger partial charge in [0.1, 0.15) is 17.4 Å². The van der Waals surface area contributed by atoms with E-state index in [0.717, 1.165) is 50.7 Å². The van der Waals surface area contributed by atoms with Gasteiger partial charge < -0.3 is 20.1 Å². The molecule has 1 aliphatic carbocycles. The fourth-order valence-corrected chi connectivity index (χ4v) is 3.72. The van der Waals surface area contributed by atoms with Gasteiger partial charge in [-0.05, 0) is 49.5 Å². The minimum atomic E-state index is -0.326. The Kier molecular flexibility index (Phi) is 8.28. The monoisotopic (exact) mass is 411 g/mol. The van der Waals surface area contributed by atoms with Crippen molar-refractivity contribution in [2.75, 3.05) is 19.8 Å². The molecular formula is C23H29N3O4. The smallest absolute Gasteiger partial charge is 0.262 e. The molecule has 2 fully saturated rings. The van der Waals surface area contributed by atoms with Crippen molar-refractivity contribution in [1.29, 1.82) is 5.26 Å². The number of carbonyl (C=O) groups excluding carboxylic acids is 2. The summed E-state index contributed by atoms with van der Waals surface area (Å²) < 4.78 is 11.0. The average Bonchev–Trinajstić information content (AvgIpc) is 3.30. The molecular weight excluding hydrogens is 382 g/mol. The number of benzene rings is 1. The standard InChI is InChI=1S/C23H29N3O4/c24-14-18(23(28)26-19-5-2-1-3-6-19)13-17-8-10-20(11-9-17)30-16-22(27)25-15-21-7-4-12-29-21/h8-11,13,19,21H,1-7,12,15-16H2,(H,25,27)(H,26,28)/b18-13+/t21-/m1/s1. The van der Waals surface area contributed by atoms with Crippen molar-refractivity contribution in [2.45, 2.75) is 57.1 Å². The number of amides is 2. The maximum absolute atomic E-state index is 12.4. The van der Waals surface area contributed by atoms with Crippen LogP contribution < -0.4 is 15.4 Å². The quantitative estimate of drug-likeness (QED) is 0.506. The highest BCUT2D eigenvalue weighted by atomic mass is 16.5. The van der Waals surface area contributed by atoms with E-state index in [0.29, 0.717) is 12.3 Å². The molecule has 2 amide bonds. The van der Waals surface area contributed by atoms with E-state index in [1.165, 1.54) is 6.42 Å². The van der Waals surface area contributed by atoms with E-state index >= 15 is 0 Å². The van der Waals surface area contributed by atoms with Crippen molar-refractivity contribution in [2.24, 2.45) is 0 Å². The van der Waals surface area contributed by atoms with Crippen molar-refractivity contribution < 1.29 is 19.1 Å². The number of rotatable bonds is 8. The summed E-state index contributed by atoms with van der Waals surface area (Å²) in [5.41, 5.74) is 0.809. The maximum atomic E-state index is 12.4. The third-order valence-electron chi connectivity index (χ3n) is 5.42. The first kappa shape index (κ1) is 21.8. The van der Waals surface area contributed by atoms with Crippen LogP contribution in [0.4, 0.5) is 0 Å². The lowest BCUT2D eigenvalue weighted by atomic mass is 9.95. The number of hydrogen-bond donors (Lipinski definition) is 2. The number of nitrogens with zero attached hydrogens (tertiary/aromatic N) is 1. The second-order valence-corrected chi connectivity index (χ2v) is 7.78. The van der Waals surface area contributed by atoms with Gasteiger partial charge in [0.25, 0.3) is 11.8 Å². The van der Waals surface area contributed by atoms with Crippen LogP contribution in [0.2, 0.25) is 0 Å². The van der Waals surface area contributed by atoms with Crippen LogP contribution in [0.5, 0.6) is 5.75 Å². The molecule has 30 heavy (non-hydrogen) atoms. The van der Waals surface area contributed by atoms with E-state index < -0.39 is 0 Å². The van der Waals surface area contributed by atoms with E-state index in [4.69, 9.17) is 9.47 Å². The number of nitriles is 1. The van der Waals surface area contributed by atoms with Crippen LogP contribution in [0.1, 0.15) is 50.5 Å². The van der Waals surface area contributed by atoms with Gasteiger partial charge in [0, 0.05) is 19.2 Å². The van der Waals surface area contributed by atoms with Crippen LogP contribution >= 0.6 is 0 Å². The Morgan fingerprint density at radius 2 is 1.90 bits per heavy atom. The maximum Gasteiger partial charge on any atom is 0.262 e. The Morgan fingerprint density at radius 3 is 2.57 bits per heavy atom. The minimum absolute atomic E-state index is 0.0743. The fourth-order valence-electron chi connectivity index (χ4n) is 3.72. The molecule has 1 aromatic rings. The van der Waals surface area contributed by atoms with Crippen LogP contribution in [0.25, 0.3) is 6.08 Å². The molecule has 7 nitrogen and oxygen atoms in total. The largest absolute Gasteiger partial charge is 0.484 e. The minimum Gasteiger partial charge on any atom is -0.484 e. The predicted octanol–water partition coefficient (Wildman–Crippen LogP) is 2.72. The Bertz CT molecular complexity index is 786. The van der Waals surface area contributed by atoms with Crippen molar-refractivity contribution in [3.05, 3.63) is 35.4 Å². The molecule has 1 atom stereocenters. The highest BCUT2D eigenvalue weighted by Gasteiger charge is 2.18. The van der Waals surface area contributed by atoms with Gasteiger partial charge in [-0.2, -0.15) is 5.26 Å². The third-order valence-corrected chi connectivity index (χ3v) is 5.42. The highest BCUT2D eigenvalue weighted by molar-refractivity contribution is 6.01. The number of carbonyl (C=O) groups is 2. The van der Waals surface area contributed by atoms with Gasteiger partial charge in [-0.3, -0.25) is 9.59 Å². The molecule has 0 aromatic heterocycles. The molecule has 1 heterocycles. The van der Waals surface area contributed by atoms with E-state index in [9.17, 15) is 14.9 Å². The molecule has 1 saturated carbocycles. The summed E-state index contributed by atoms with van der Waals surface area (Å²) in [6.07, 6.45) is 9.05. The summed E-state index contributed by atoms with van der Waals surface area (Å²) in [7, 11) is 0. The zero-order valence-electron chi connectivity index (χ0n) is 17.2. The number of nitrogens with one attached hydrogen (secondary N) is 2. The van der Waals surface area contributed by atoms with E-state index in [1.54, 1.807) is 30.3 Å². The summed E-state index contributed by atoms with van der Waals surface area (Å²) in [4.78, 5) is 24.2. The Balaban J connectivity index is 1.46. The van der Waals surface area contributed by atoms with Crippen LogP contribution in [0.15, 0.2) is 29.8 Å². The topological polar surface area (TPSA) is 100 Å². The van der Waals surface area contributed by atoms with E-state index in [1.807, 2.05) is 6.07 Å². The second kappa shape index (κ2) is 11.4. The first-order valence-electron chi connectivity index (χ1n) is 10.7. The van der Waals surface area contributed by atoms with Crippen LogP contribution in [0, 0.1) is 11.3 Å². The normalized spacial score (nSPS) is 19.7. The van der Waals surface area contributed by atoms with Gasteiger partial charge >= 0.3 is 0 Å². The molecule has 1 saturated heterocycles. The molecule has 2 N–H and O–H groups in total. The summed E-state index contributed by atoms with van der Waals surface area (Å²) >= 11 is 0. The molecule has 0 bridgehead atoms. The first-order chi connectivity index (χ1) is 14.6. The summed E-state index contributed by atoms with van der Waals surface area (Å²) in [6.45, 7) is 1.19. The summed E-state index contributed by atoms with van der Waals surface area (Å²) in [5.74, 6) is 0.0258. The Hall–Kier alpha value is -2.85.